The topological polar surface area (TPSA) is 84.2 Å². The zero-order chi connectivity index (χ0) is 15.6. The Kier molecular flexibility index (Phi) is 4.35. The molecule has 6 nitrogen and oxygen atoms in total. The number of halogens is 2. The van der Waals surface area contributed by atoms with Crippen LogP contribution in [0.2, 0.25) is 0 Å². The molecule has 0 atom stereocenters. The van der Waals surface area contributed by atoms with E-state index < -0.39 is 33.2 Å². The van der Waals surface area contributed by atoms with Crippen LogP contribution in [-0.2, 0) is 30.2 Å². The van der Waals surface area contributed by atoms with E-state index in [1.807, 2.05) is 0 Å². The van der Waals surface area contributed by atoms with E-state index in [4.69, 9.17) is 5.11 Å². The number of benzene rings is 1. The summed E-state index contributed by atoms with van der Waals surface area (Å²) in [5.74, 6) is -2.81. The smallest absolute Gasteiger partial charge is 0.243 e. The molecule has 0 aliphatic heterocycles. The van der Waals surface area contributed by atoms with E-state index >= 15 is 0 Å². The summed E-state index contributed by atoms with van der Waals surface area (Å²) in [7, 11) is -2.58. The number of aromatic nitrogens is 2. The van der Waals surface area contributed by atoms with E-state index in [0.717, 1.165) is 12.1 Å². The highest BCUT2D eigenvalue weighted by atomic mass is 32.2. The molecule has 0 unspecified atom stereocenters. The molecular weight excluding hydrogens is 304 g/mol. The highest BCUT2D eigenvalue weighted by Gasteiger charge is 2.22. The van der Waals surface area contributed by atoms with Gasteiger partial charge in [-0.3, -0.25) is 4.68 Å². The van der Waals surface area contributed by atoms with Gasteiger partial charge in [-0.15, -0.1) is 0 Å². The third kappa shape index (κ3) is 3.43. The molecule has 1 aromatic heterocycles. The number of nitrogens with zero attached hydrogens (tertiary/aromatic N) is 2. The first-order chi connectivity index (χ1) is 9.83. The van der Waals surface area contributed by atoms with Crippen LogP contribution in [0.1, 0.15) is 11.1 Å². The van der Waals surface area contributed by atoms with E-state index in [-0.39, 0.29) is 12.1 Å². The molecule has 0 fully saturated rings. The highest BCUT2D eigenvalue weighted by Crippen LogP contribution is 2.20. The van der Waals surface area contributed by atoms with Crippen molar-refractivity contribution in [2.45, 2.75) is 18.0 Å². The quantitative estimate of drug-likeness (QED) is 0.849. The van der Waals surface area contributed by atoms with Gasteiger partial charge in [-0.25, -0.2) is 21.9 Å². The number of aliphatic hydroxyl groups is 1. The summed E-state index contributed by atoms with van der Waals surface area (Å²) in [6, 6.07) is 1.64. The van der Waals surface area contributed by atoms with Crippen molar-refractivity contribution in [3.05, 3.63) is 47.3 Å². The van der Waals surface area contributed by atoms with Crippen molar-refractivity contribution in [1.29, 1.82) is 0 Å². The molecule has 0 spiro atoms. The van der Waals surface area contributed by atoms with Crippen LogP contribution in [0.4, 0.5) is 8.78 Å². The molecule has 1 aromatic carbocycles. The molecule has 2 aromatic rings. The molecule has 1 heterocycles. The van der Waals surface area contributed by atoms with E-state index in [9.17, 15) is 17.2 Å². The number of aryl methyl sites for hydroxylation is 1. The van der Waals surface area contributed by atoms with Crippen molar-refractivity contribution >= 4 is 10.0 Å². The minimum atomic E-state index is -4.25. The monoisotopic (exact) mass is 317 g/mol. The SMILES string of the molecule is Cn1cc(CNS(=O)(=O)c2cc(CO)cc(F)c2F)cn1. The van der Waals surface area contributed by atoms with E-state index in [1.165, 1.54) is 10.9 Å². The number of aliphatic hydroxyl groups excluding tert-OH is 1. The normalized spacial score (nSPS) is 11.8. The Balaban J connectivity index is 2.29. The molecular formula is C12H13F2N3O3S. The molecule has 2 rings (SSSR count). The first-order valence-electron chi connectivity index (χ1n) is 5.89. The average molecular weight is 317 g/mol. The van der Waals surface area contributed by atoms with Crippen LogP contribution in [-0.4, -0.2) is 23.3 Å². The number of sulfonamides is 1. The van der Waals surface area contributed by atoms with E-state index in [1.54, 1.807) is 13.2 Å². The number of hydrogen-bond donors (Lipinski definition) is 2. The third-order valence-electron chi connectivity index (χ3n) is 2.75. The highest BCUT2D eigenvalue weighted by molar-refractivity contribution is 7.89. The maximum atomic E-state index is 13.7. The molecule has 0 aliphatic rings. The Morgan fingerprint density at radius 2 is 2.05 bits per heavy atom. The van der Waals surface area contributed by atoms with Crippen molar-refractivity contribution in [2.75, 3.05) is 0 Å². The van der Waals surface area contributed by atoms with Gasteiger partial charge in [-0.2, -0.15) is 5.10 Å². The molecule has 0 radical (unpaired) electrons. The lowest BCUT2D eigenvalue weighted by atomic mass is 10.2. The number of rotatable bonds is 5. The fraction of sp³-hybridized carbons (Fsp3) is 0.250. The number of hydrogen-bond acceptors (Lipinski definition) is 4. The predicted octanol–water partition coefficient (Wildman–Crippen LogP) is 0.669. The van der Waals surface area contributed by atoms with Gasteiger partial charge >= 0.3 is 0 Å². The first-order valence-corrected chi connectivity index (χ1v) is 7.38. The second-order valence-electron chi connectivity index (χ2n) is 4.39. The zero-order valence-corrected chi connectivity index (χ0v) is 11.9. The summed E-state index contributed by atoms with van der Waals surface area (Å²) < 4.78 is 54.7. The minimum Gasteiger partial charge on any atom is -0.392 e. The summed E-state index contributed by atoms with van der Waals surface area (Å²) in [6.07, 6.45) is 3.03. The van der Waals surface area contributed by atoms with E-state index in [0.29, 0.717) is 5.56 Å². The Hall–Kier alpha value is -1.84. The Labute approximate surface area is 120 Å². The van der Waals surface area contributed by atoms with Crippen LogP contribution in [0.15, 0.2) is 29.4 Å². The molecule has 0 aliphatic carbocycles. The number of nitrogens with one attached hydrogen (secondary N) is 1. The van der Waals surface area contributed by atoms with Gasteiger partial charge in [0, 0.05) is 25.4 Å². The summed E-state index contributed by atoms with van der Waals surface area (Å²) in [5, 5.41) is 12.8. The first kappa shape index (κ1) is 15.5. The lowest BCUT2D eigenvalue weighted by molar-refractivity contribution is 0.280. The summed E-state index contributed by atoms with van der Waals surface area (Å²) in [5.41, 5.74) is 0.538. The van der Waals surface area contributed by atoms with Crippen LogP contribution < -0.4 is 4.72 Å². The lowest BCUT2D eigenvalue weighted by Crippen LogP contribution is -2.24. The third-order valence-corrected chi connectivity index (χ3v) is 4.15. The van der Waals surface area contributed by atoms with Crippen molar-refractivity contribution in [1.82, 2.24) is 14.5 Å². The van der Waals surface area contributed by atoms with Crippen molar-refractivity contribution in [3.8, 4) is 0 Å². The van der Waals surface area contributed by atoms with Crippen LogP contribution in [0.5, 0.6) is 0 Å². The van der Waals surface area contributed by atoms with Crippen LogP contribution in [0.25, 0.3) is 0 Å². The van der Waals surface area contributed by atoms with Crippen molar-refractivity contribution < 1.29 is 22.3 Å². The standard InChI is InChI=1S/C12H13F2N3O3S/c1-17-6-9(4-15-17)5-16-21(19,20)11-3-8(7-18)2-10(13)12(11)14/h2-4,6,16,18H,5,7H2,1H3. The van der Waals surface area contributed by atoms with E-state index in [2.05, 4.69) is 9.82 Å². The fourth-order valence-electron chi connectivity index (χ4n) is 1.72. The summed E-state index contributed by atoms with van der Waals surface area (Å²) in [6.45, 7) is -0.705. The van der Waals surface area contributed by atoms with Gasteiger partial charge in [-0.05, 0) is 17.7 Å². The Morgan fingerprint density at radius 1 is 1.33 bits per heavy atom. The predicted molar refractivity (Wildman–Crippen MR) is 69.5 cm³/mol. The second-order valence-corrected chi connectivity index (χ2v) is 6.13. The van der Waals surface area contributed by atoms with Gasteiger partial charge in [0.25, 0.3) is 0 Å². The molecule has 0 amide bonds. The fourth-order valence-corrected chi connectivity index (χ4v) is 2.88. The van der Waals surface area contributed by atoms with Crippen LogP contribution >= 0.6 is 0 Å². The summed E-state index contributed by atoms with van der Waals surface area (Å²) >= 11 is 0. The molecule has 0 saturated carbocycles. The maximum Gasteiger partial charge on any atom is 0.243 e. The molecule has 0 saturated heterocycles. The van der Waals surface area contributed by atoms with Crippen LogP contribution in [0, 0.1) is 11.6 Å². The van der Waals surface area contributed by atoms with Crippen molar-refractivity contribution in [2.24, 2.45) is 7.05 Å². The minimum absolute atomic E-state index is 0.0318. The average Bonchev–Trinajstić information content (AvgIpc) is 2.85. The molecule has 21 heavy (non-hydrogen) atoms. The maximum absolute atomic E-state index is 13.7. The van der Waals surface area contributed by atoms with Gasteiger partial charge in [0.05, 0.1) is 12.8 Å². The second kappa shape index (κ2) is 5.88. The van der Waals surface area contributed by atoms with Gasteiger partial charge in [0.15, 0.2) is 11.6 Å². The van der Waals surface area contributed by atoms with Gasteiger partial charge in [0.1, 0.15) is 4.90 Å². The largest absolute Gasteiger partial charge is 0.392 e. The molecule has 0 bridgehead atoms. The Bertz CT molecular complexity index is 759. The Morgan fingerprint density at radius 3 is 2.62 bits per heavy atom. The van der Waals surface area contributed by atoms with Gasteiger partial charge < -0.3 is 5.11 Å². The molecule has 114 valence electrons. The molecule has 2 N–H and O–H groups in total. The van der Waals surface area contributed by atoms with Gasteiger partial charge in [-0.1, -0.05) is 0 Å². The lowest BCUT2D eigenvalue weighted by Gasteiger charge is -2.09. The molecule has 9 heteroatoms. The zero-order valence-electron chi connectivity index (χ0n) is 11.0. The summed E-state index contributed by atoms with van der Waals surface area (Å²) in [4.78, 5) is -0.838. The van der Waals surface area contributed by atoms with Crippen molar-refractivity contribution in [3.63, 3.8) is 0 Å². The van der Waals surface area contributed by atoms with Gasteiger partial charge in [0.2, 0.25) is 10.0 Å². The van der Waals surface area contributed by atoms with Crippen LogP contribution in [0.3, 0.4) is 0 Å².